The Hall–Kier alpha value is -1.02. The van der Waals surface area contributed by atoms with Crippen LogP contribution in [-0.2, 0) is 0 Å². The average molecular weight is 262 g/mol. The minimum Gasteiger partial charge on any atom is -0.378 e. The lowest BCUT2D eigenvalue weighted by Crippen LogP contribution is -2.16. The Kier molecular flexibility index (Phi) is 6.93. The standard InChI is InChI=1S/C17H30N2/c1-5-7-8-14(6-2)13-17(18)15-9-11-16(12-10-15)19(3)4/h9-12,14,17H,5-8,13,18H2,1-4H3. The average Bonchev–Trinajstić information content (AvgIpc) is 2.43. The minimum absolute atomic E-state index is 0.179. The quantitative estimate of drug-likeness (QED) is 0.754. The molecule has 0 aliphatic rings. The first kappa shape index (κ1) is 16.0. The zero-order valence-corrected chi connectivity index (χ0v) is 13.0. The van der Waals surface area contributed by atoms with Gasteiger partial charge in [-0.1, -0.05) is 51.7 Å². The van der Waals surface area contributed by atoms with Crippen LogP contribution in [0.2, 0.25) is 0 Å². The summed E-state index contributed by atoms with van der Waals surface area (Å²) in [7, 11) is 4.12. The summed E-state index contributed by atoms with van der Waals surface area (Å²) in [5, 5.41) is 0. The van der Waals surface area contributed by atoms with Crippen molar-refractivity contribution in [2.45, 2.75) is 52.0 Å². The van der Waals surface area contributed by atoms with E-state index in [9.17, 15) is 0 Å². The molecule has 2 heteroatoms. The van der Waals surface area contributed by atoms with Gasteiger partial charge in [0, 0.05) is 25.8 Å². The topological polar surface area (TPSA) is 29.3 Å². The highest BCUT2D eigenvalue weighted by atomic mass is 15.1. The van der Waals surface area contributed by atoms with Gasteiger partial charge in [0.05, 0.1) is 0 Å². The molecule has 0 bridgehead atoms. The molecule has 19 heavy (non-hydrogen) atoms. The Labute approximate surface area is 119 Å². The van der Waals surface area contributed by atoms with Crippen molar-refractivity contribution in [1.29, 1.82) is 0 Å². The number of rotatable bonds is 8. The van der Waals surface area contributed by atoms with E-state index in [0.29, 0.717) is 0 Å². The molecule has 1 aromatic rings. The van der Waals surface area contributed by atoms with Crippen LogP contribution in [0.4, 0.5) is 5.69 Å². The molecule has 0 radical (unpaired) electrons. The van der Waals surface area contributed by atoms with Gasteiger partial charge >= 0.3 is 0 Å². The second kappa shape index (κ2) is 8.21. The second-order valence-electron chi connectivity index (χ2n) is 5.74. The van der Waals surface area contributed by atoms with Crippen LogP contribution in [0.3, 0.4) is 0 Å². The van der Waals surface area contributed by atoms with E-state index in [1.807, 2.05) is 0 Å². The molecule has 0 saturated carbocycles. The van der Waals surface area contributed by atoms with Crippen LogP contribution in [-0.4, -0.2) is 14.1 Å². The van der Waals surface area contributed by atoms with E-state index in [2.05, 4.69) is 57.1 Å². The molecule has 1 aromatic carbocycles. The molecule has 0 amide bonds. The summed E-state index contributed by atoms with van der Waals surface area (Å²) in [5.74, 6) is 0.767. The smallest absolute Gasteiger partial charge is 0.0361 e. The van der Waals surface area contributed by atoms with Crippen LogP contribution in [0.5, 0.6) is 0 Å². The Morgan fingerprint density at radius 3 is 2.21 bits per heavy atom. The first-order valence-corrected chi connectivity index (χ1v) is 7.61. The highest BCUT2D eigenvalue weighted by molar-refractivity contribution is 5.46. The molecule has 2 atom stereocenters. The Bertz CT molecular complexity index is 343. The predicted octanol–water partition coefficient (Wildman–Crippen LogP) is 4.36. The fourth-order valence-electron chi connectivity index (χ4n) is 2.50. The van der Waals surface area contributed by atoms with Crippen LogP contribution < -0.4 is 10.6 Å². The van der Waals surface area contributed by atoms with Crippen molar-refractivity contribution in [3.8, 4) is 0 Å². The normalized spacial score (nSPS) is 14.2. The molecule has 2 unspecified atom stereocenters. The molecule has 0 heterocycles. The van der Waals surface area contributed by atoms with E-state index in [4.69, 9.17) is 5.73 Å². The van der Waals surface area contributed by atoms with Crippen molar-refractivity contribution in [1.82, 2.24) is 0 Å². The van der Waals surface area contributed by atoms with Gasteiger partial charge in [0.15, 0.2) is 0 Å². The van der Waals surface area contributed by atoms with Gasteiger partial charge in [0.25, 0.3) is 0 Å². The van der Waals surface area contributed by atoms with E-state index in [-0.39, 0.29) is 6.04 Å². The van der Waals surface area contributed by atoms with Crippen LogP contribution in [0.1, 0.15) is 57.6 Å². The highest BCUT2D eigenvalue weighted by Crippen LogP contribution is 2.26. The maximum Gasteiger partial charge on any atom is 0.0361 e. The predicted molar refractivity (Wildman–Crippen MR) is 85.6 cm³/mol. The SMILES string of the molecule is CCCCC(CC)CC(N)c1ccc(N(C)C)cc1. The van der Waals surface area contributed by atoms with Gasteiger partial charge < -0.3 is 10.6 Å². The van der Waals surface area contributed by atoms with Crippen molar-refractivity contribution in [2.24, 2.45) is 11.7 Å². The molecule has 0 aromatic heterocycles. The van der Waals surface area contributed by atoms with E-state index in [0.717, 1.165) is 12.3 Å². The summed E-state index contributed by atoms with van der Waals surface area (Å²) in [6, 6.07) is 8.83. The summed E-state index contributed by atoms with van der Waals surface area (Å²) in [4.78, 5) is 2.12. The molecule has 0 aliphatic carbocycles. The Morgan fingerprint density at radius 1 is 1.11 bits per heavy atom. The van der Waals surface area contributed by atoms with E-state index >= 15 is 0 Å². The molecule has 108 valence electrons. The summed E-state index contributed by atoms with van der Waals surface area (Å²) >= 11 is 0. The maximum atomic E-state index is 6.36. The van der Waals surface area contributed by atoms with Gasteiger partial charge in [-0.2, -0.15) is 0 Å². The molecule has 2 N–H and O–H groups in total. The fourth-order valence-corrected chi connectivity index (χ4v) is 2.50. The molecule has 0 saturated heterocycles. The first-order valence-electron chi connectivity index (χ1n) is 7.61. The van der Waals surface area contributed by atoms with Crippen molar-refractivity contribution in [2.75, 3.05) is 19.0 Å². The van der Waals surface area contributed by atoms with Gasteiger partial charge in [-0.15, -0.1) is 0 Å². The molecule has 0 spiro atoms. The molecule has 1 rings (SSSR count). The Balaban J connectivity index is 2.58. The van der Waals surface area contributed by atoms with E-state index in [1.54, 1.807) is 0 Å². The minimum atomic E-state index is 0.179. The molecular formula is C17H30N2. The number of hydrogen-bond acceptors (Lipinski definition) is 2. The second-order valence-corrected chi connectivity index (χ2v) is 5.74. The summed E-state index contributed by atoms with van der Waals surface area (Å²) in [5.41, 5.74) is 8.85. The number of unbranched alkanes of at least 4 members (excludes halogenated alkanes) is 1. The summed E-state index contributed by atoms with van der Waals surface area (Å²) in [6.45, 7) is 4.54. The monoisotopic (exact) mass is 262 g/mol. The zero-order chi connectivity index (χ0) is 14.3. The fraction of sp³-hybridized carbons (Fsp3) is 0.647. The van der Waals surface area contributed by atoms with Crippen molar-refractivity contribution >= 4 is 5.69 Å². The van der Waals surface area contributed by atoms with Gasteiger partial charge in [-0.3, -0.25) is 0 Å². The zero-order valence-electron chi connectivity index (χ0n) is 13.0. The van der Waals surface area contributed by atoms with Crippen molar-refractivity contribution in [3.05, 3.63) is 29.8 Å². The van der Waals surface area contributed by atoms with Crippen LogP contribution in [0.25, 0.3) is 0 Å². The van der Waals surface area contributed by atoms with E-state index in [1.165, 1.54) is 36.9 Å². The lowest BCUT2D eigenvalue weighted by atomic mass is 9.89. The Morgan fingerprint density at radius 2 is 1.74 bits per heavy atom. The van der Waals surface area contributed by atoms with Gasteiger partial charge in [0.1, 0.15) is 0 Å². The lowest BCUT2D eigenvalue weighted by molar-refractivity contribution is 0.388. The van der Waals surface area contributed by atoms with Crippen LogP contribution in [0.15, 0.2) is 24.3 Å². The lowest BCUT2D eigenvalue weighted by Gasteiger charge is -2.21. The number of benzene rings is 1. The maximum absolute atomic E-state index is 6.36. The molecule has 2 nitrogen and oxygen atoms in total. The van der Waals surface area contributed by atoms with Gasteiger partial charge in [-0.05, 0) is 30.0 Å². The van der Waals surface area contributed by atoms with Gasteiger partial charge in [0.2, 0.25) is 0 Å². The molecule has 0 aliphatic heterocycles. The third-order valence-corrected chi connectivity index (χ3v) is 3.97. The number of anilines is 1. The van der Waals surface area contributed by atoms with Crippen molar-refractivity contribution in [3.63, 3.8) is 0 Å². The van der Waals surface area contributed by atoms with Crippen LogP contribution >= 0.6 is 0 Å². The summed E-state index contributed by atoms with van der Waals surface area (Å²) < 4.78 is 0. The highest BCUT2D eigenvalue weighted by Gasteiger charge is 2.13. The summed E-state index contributed by atoms with van der Waals surface area (Å²) in [6.07, 6.45) is 6.27. The largest absolute Gasteiger partial charge is 0.378 e. The number of nitrogens with zero attached hydrogens (tertiary/aromatic N) is 1. The molecular weight excluding hydrogens is 232 g/mol. The third kappa shape index (κ3) is 5.23. The van der Waals surface area contributed by atoms with E-state index < -0.39 is 0 Å². The molecule has 0 fully saturated rings. The van der Waals surface area contributed by atoms with Crippen LogP contribution in [0, 0.1) is 5.92 Å². The third-order valence-electron chi connectivity index (χ3n) is 3.97. The first-order chi connectivity index (χ1) is 9.08. The van der Waals surface area contributed by atoms with Crippen molar-refractivity contribution < 1.29 is 0 Å². The number of nitrogens with two attached hydrogens (primary N) is 1. The van der Waals surface area contributed by atoms with Gasteiger partial charge in [-0.25, -0.2) is 0 Å². The number of hydrogen-bond donors (Lipinski definition) is 1.